The van der Waals surface area contributed by atoms with E-state index in [0.29, 0.717) is 23.2 Å². The Balaban J connectivity index is 2.09. The number of nitrogens with zero attached hydrogens (tertiary/aromatic N) is 3. The quantitative estimate of drug-likeness (QED) is 0.625. The van der Waals surface area contributed by atoms with E-state index in [-0.39, 0.29) is 0 Å². The Morgan fingerprint density at radius 2 is 1.73 bits per heavy atom. The first-order valence-electron chi connectivity index (χ1n) is 8.36. The number of benzene rings is 1. The summed E-state index contributed by atoms with van der Waals surface area (Å²) in [7, 11) is 8.85. The van der Waals surface area contributed by atoms with Crippen molar-refractivity contribution in [3.05, 3.63) is 24.4 Å². The first kappa shape index (κ1) is 19.6. The van der Waals surface area contributed by atoms with Gasteiger partial charge in [-0.1, -0.05) is 0 Å². The number of methoxy groups -OCH3 is 3. The smallest absolute Gasteiger partial charge is 0.229 e. The Labute approximate surface area is 154 Å². The van der Waals surface area contributed by atoms with E-state index in [4.69, 9.17) is 14.2 Å². The standard InChI is InChI=1S/C18H27N5O3/c1-23(2)10-6-8-19-16-7-9-20-18(22-16)21-13-11-14(24-3)17(26-5)15(12-13)25-4/h7,9,11-12H,6,8,10H2,1-5H3,(H2,19,20,21,22). The van der Waals surface area contributed by atoms with Crippen LogP contribution in [0.5, 0.6) is 17.2 Å². The van der Waals surface area contributed by atoms with Crippen molar-refractivity contribution in [3.63, 3.8) is 0 Å². The molecule has 2 rings (SSSR count). The molecule has 1 heterocycles. The lowest BCUT2D eigenvalue weighted by molar-refractivity contribution is 0.324. The summed E-state index contributed by atoms with van der Waals surface area (Å²) in [5, 5.41) is 6.47. The lowest BCUT2D eigenvalue weighted by Gasteiger charge is -2.15. The van der Waals surface area contributed by atoms with Crippen LogP contribution in [0.15, 0.2) is 24.4 Å². The molecule has 0 aliphatic carbocycles. The normalized spacial score (nSPS) is 10.5. The Morgan fingerprint density at radius 1 is 1.04 bits per heavy atom. The molecule has 0 bridgehead atoms. The van der Waals surface area contributed by atoms with Crippen LogP contribution in [-0.2, 0) is 0 Å². The monoisotopic (exact) mass is 361 g/mol. The third-order valence-corrected chi connectivity index (χ3v) is 3.66. The highest BCUT2D eigenvalue weighted by atomic mass is 16.5. The van der Waals surface area contributed by atoms with Gasteiger partial charge in [-0.2, -0.15) is 4.98 Å². The van der Waals surface area contributed by atoms with E-state index in [2.05, 4.69) is 39.6 Å². The second-order valence-electron chi connectivity index (χ2n) is 5.89. The Kier molecular flexibility index (Phi) is 7.28. The number of hydrogen-bond acceptors (Lipinski definition) is 8. The van der Waals surface area contributed by atoms with Gasteiger partial charge < -0.3 is 29.7 Å². The van der Waals surface area contributed by atoms with Crippen LogP contribution in [0.2, 0.25) is 0 Å². The third-order valence-electron chi connectivity index (χ3n) is 3.66. The fourth-order valence-electron chi connectivity index (χ4n) is 2.41. The topological polar surface area (TPSA) is 80.8 Å². The summed E-state index contributed by atoms with van der Waals surface area (Å²) in [5.74, 6) is 2.92. The van der Waals surface area contributed by atoms with Gasteiger partial charge in [0, 0.05) is 30.6 Å². The van der Waals surface area contributed by atoms with Gasteiger partial charge in [0.05, 0.1) is 21.3 Å². The van der Waals surface area contributed by atoms with E-state index in [9.17, 15) is 0 Å². The van der Waals surface area contributed by atoms with Crippen molar-refractivity contribution in [2.75, 3.05) is 59.1 Å². The molecule has 8 nitrogen and oxygen atoms in total. The van der Waals surface area contributed by atoms with Gasteiger partial charge in [0.1, 0.15) is 5.82 Å². The zero-order chi connectivity index (χ0) is 18.9. The van der Waals surface area contributed by atoms with Gasteiger partial charge >= 0.3 is 0 Å². The van der Waals surface area contributed by atoms with Crippen molar-refractivity contribution >= 4 is 17.5 Å². The van der Waals surface area contributed by atoms with Gasteiger partial charge in [-0.15, -0.1) is 0 Å². The minimum atomic E-state index is 0.483. The number of ether oxygens (including phenoxy) is 3. The molecule has 0 saturated heterocycles. The molecule has 0 aliphatic rings. The molecule has 1 aromatic carbocycles. The van der Waals surface area contributed by atoms with E-state index < -0.39 is 0 Å². The van der Waals surface area contributed by atoms with Crippen molar-refractivity contribution < 1.29 is 14.2 Å². The van der Waals surface area contributed by atoms with Gasteiger partial charge in [-0.3, -0.25) is 0 Å². The van der Waals surface area contributed by atoms with E-state index >= 15 is 0 Å². The predicted octanol–water partition coefficient (Wildman–Crippen LogP) is 2.61. The molecular formula is C18H27N5O3. The first-order valence-corrected chi connectivity index (χ1v) is 8.36. The number of nitrogens with one attached hydrogen (secondary N) is 2. The SMILES string of the molecule is COc1cc(Nc2nccc(NCCCN(C)C)n2)cc(OC)c1OC. The Hall–Kier alpha value is -2.74. The first-order chi connectivity index (χ1) is 12.6. The molecule has 26 heavy (non-hydrogen) atoms. The number of aromatic nitrogens is 2. The molecule has 0 aliphatic heterocycles. The molecule has 0 atom stereocenters. The molecule has 0 radical (unpaired) electrons. The highest BCUT2D eigenvalue weighted by Crippen LogP contribution is 2.40. The van der Waals surface area contributed by atoms with Crippen molar-refractivity contribution in [1.29, 1.82) is 0 Å². The fourth-order valence-corrected chi connectivity index (χ4v) is 2.41. The average molecular weight is 361 g/mol. The predicted molar refractivity (Wildman–Crippen MR) is 103 cm³/mol. The zero-order valence-corrected chi connectivity index (χ0v) is 16.0. The molecule has 0 fully saturated rings. The molecule has 2 aromatic rings. The van der Waals surface area contributed by atoms with Crippen LogP contribution in [0.25, 0.3) is 0 Å². The van der Waals surface area contributed by atoms with Crippen LogP contribution in [0.4, 0.5) is 17.5 Å². The highest BCUT2D eigenvalue weighted by molar-refractivity contribution is 5.66. The van der Waals surface area contributed by atoms with Crippen molar-refractivity contribution in [2.45, 2.75) is 6.42 Å². The minimum Gasteiger partial charge on any atom is -0.493 e. The summed E-state index contributed by atoms with van der Waals surface area (Å²) in [6.45, 7) is 1.87. The molecule has 1 aromatic heterocycles. The average Bonchev–Trinajstić information content (AvgIpc) is 2.64. The summed E-state index contributed by atoms with van der Waals surface area (Å²) in [5.41, 5.74) is 0.740. The van der Waals surface area contributed by atoms with E-state index in [1.54, 1.807) is 27.5 Å². The molecule has 0 saturated carbocycles. The highest BCUT2D eigenvalue weighted by Gasteiger charge is 2.13. The van der Waals surface area contributed by atoms with Gasteiger partial charge in [0.2, 0.25) is 11.7 Å². The van der Waals surface area contributed by atoms with Gasteiger partial charge in [-0.05, 0) is 33.1 Å². The van der Waals surface area contributed by atoms with E-state index in [1.165, 1.54) is 0 Å². The van der Waals surface area contributed by atoms with Crippen LogP contribution in [-0.4, -0.2) is 63.4 Å². The Morgan fingerprint density at radius 3 is 2.31 bits per heavy atom. The van der Waals surface area contributed by atoms with Crippen LogP contribution in [0.3, 0.4) is 0 Å². The largest absolute Gasteiger partial charge is 0.493 e. The van der Waals surface area contributed by atoms with Crippen molar-refractivity contribution in [3.8, 4) is 17.2 Å². The fraction of sp³-hybridized carbons (Fsp3) is 0.444. The maximum atomic E-state index is 5.36. The van der Waals surface area contributed by atoms with Crippen LogP contribution >= 0.6 is 0 Å². The molecule has 8 heteroatoms. The second-order valence-corrected chi connectivity index (χ2v) is 5.89. The lowest BCUT2D eigenvalue weighted by Crippen LogP contribution is -2.16. The summed E-state index contributed by atoms with van der Waals surface area (Å²) < 4.78 is 16.1. The third kappa shape index (κ3) is 5.38. The van der Waals surface area contributed by atoms with Crippen LogP contribution in [0.1, 0.15) is 6.42 Å². The maximum Gasteiger partial charge on any atom is 0.229 e. The molecule has 0 spiro atoms. The molecule has 0 amide bonds. The number of anilines is 3. The zero-order valence-electron chi connectivity index (χ0n) is 16.0. The minimum absolute atomic E-state index is 0.483. The van der Waals surface area contributed by atoms with Gasteiger partial charge in [0.15, 0.2) is 11.5 Å². The molecular weight excluding hydrogens is 334 g/mol. The summed E-state index contributed by atoms with van der Waals surface area (Å²) >= 11 is 0. The van der Waals surface area contributed by atoms with Gasteiger partial charge in [0.25, 0.3) is 0 Å². The molecule has 2 N–H and O–H groups in total. The maximum absolute atomic E-state index is 5.36. The summed E-state index contributed by atoms with van der Waals surface area (Å²) in [4.78, 5) is 10.9. The Bertz CT molecular complexity index is 684. The van der Waals surface area contributed by atoms with Crippen molar-refractivity contribution in [2.24, 2.45) is 0 Å². The summed E-state index contributed by atoms with van der Waals surface area (Å²) in [6, 6.07) is 5.46. The number of rotatable bonds is 10. The van der Waals surface area contributed by atoms with Crippen LogP contribution in [0, 0.1) is 0 Å². The summed E-state index contributed by atoms with van der Waals surface area (Å²) in [6.07, 6.45) is 2.74. The molecule has 142 valence electrons. The molecule has 0 unspecified atom stereocenters. The second kappa shape index (κ2) is 9.67. The van der Waals surface area contributed by atoms with Crippen molar-refractivity contribution in [1.82, 2.24) is 14.9 Å². The number of hydrogen-bond donors (Lipinski definition) is 2. The van der Waals surface area contributed by atoms with E-state index in [0.717, 1.165) is 31.0 Å². The van der Waals surface area contributed by atoms with E-state index in [1.807, 2.05) is 18.2 Å². The van der Waals surface area contributed by atoms with Gasteiger partial charge in [-0.25, -0.2) is 4.98 Å². The van der Waals surface area contributed by atoms with Crippen LogP contribution < -0.4 is 24.8 Å². The lowest BCUT2D eigenvalue weighted by atomic mass is 10.2.